The summed E-state index contributed by atoms with van der Waals surface area (Å²) in [7, 11) is 0. The molecule has 0 unspecified atom stereocenters. The molecule has 0 spiro atoms. The van der Waals surface area contributed by atoms with Crippen molar-refractivity contribution in [3.63, 3.8) is 0 Å². The van der Waals surface area contributed by atoms with Gasteiger partial charge in [-0.25, -0.2) is 4.39 Å². The smallest absolute Gasteiger partial charge is 0.255 e. The first-order valence-corrected chi connectivity index (χ1v) is 7.96. The van der Waals surface area contributed by atoms with E-state index in [-0.39, 0.29) is 11.7 Å². The van der Waals surface area contributed by atoms with E-state index in [9.17, 15) is 9.18 Å². The molecule has 1 aromatic heterocycles. The number of rotatable bonds is 6. The maximum absolute atomic E-state index is 12.9. The summed E-state index contributed by atoms with van der Waals surface area (Å²) in [5, 5.41) is 6.17. The van der Waals surface area contributed by atoms with Gasteiger partial charge in [-0.1, -0.05) is 18.2 Å². The van der Waals surface area contributed by atoms with Gasteiger partial charge in [-0.15, -0.1) is 0 Å². The minimum atomic E-state index is -0.363. The van der Waals surface area contributed by atoms with E-state index in [1.54, 1.807) is 6.20 Å². The number of hydrogen-bond donors (Lipinski definition) is 2. The van der Waals surface area contributed by atoms with Gasteiger partial charge >= 0.3 is 0 Å². The number of anilines is 1. The highest BCUT2D eigenvalue weighted by Gasteiger charge is 2.06. The first-order chi connectivity index (χ1) is 12.2. The quantitative estimate of drug-likeness (QED) is 0.721. The Bertz CT molecular complexity index is 835. The lowest BCUT2D eigenvalue weighted by Crippen LogP contribution is -2.14. The summed E-state index contributed by atoms with van der Waals surface area (Å²) >= 11 is 0. The van der Waals surface area contributed by atoms with Gasteiger partial charge in [0.2, 0.25) is 0 Å². The van der Waals surface area contributed by atoms with E-state index in [4.69, 9.17) is 0 Å². The molecule has 126 valence electrons. The van der Waals surface area contributed by atoms with Gasteiger partial charge in [-0.05, 0) is 53.6 Å². The SMILES string of the molecule is O=C(Nc1cccc(CNCc2cccnc2)c1)c1ccc(F)cc1. The Hall–Kier alpha value is -3.05. The molecular weight excluding hydrogens is 317 g/mol. The number of aromatic nitrogens is 1. The molecule has 0 aliphatic rings. The highest BCUT2D eigenvalue weighted by atomic mass is 19.1. The van der Waals surface area contributed by atoms with Crippen LogP contribution in [0.5, 0.6) is 0 Å². The van der Waals surface area contributed by atoms with Crippen molar-refractivity contribution in [1.29, 1.82) is 0 Å². The van der Waals surface area contributed by atoms with Gasteiger partial charge in [0.05, 0.1) is 0 Å². The maximum atomic E-state index is 12.9. The number of pyridine rings is 1. The lowest BCUT2D eigenvalue weighted by Gasteiger charge is -2.09. The van der Waals surface area contributed by atoms with Gasteiger partial charge in [0.25, 0.3) is 5.91 Å². The summed E-state index contributed by atoms with van der Waals surface area (Å²) in [6, 6.07) is 17.0. The molecule has 2 aromatic carbocycles. The topological polar surface area (TPSA) is 54.0 Å². The zero-order valence-corrected chi connectivity index (χ0v) is 13.6. The van der Waals surface area contributed by atoms with Gasteiger partial charge in [0, 0.05) is 36.7 Å². The van der Waals surface area contributed by atoms with E-state index in [1.165, 1.54) is 24.3 Å². The average Bonchev–Trinajstić information content (AvgIpc) is 2.63. The zero-order valence-electron chi connectivity index (χ0n) is 13.6. The van der Waals surface area contributed by atoms with Crippen LogP contribution in [0.4, 0.5) is 10.1 Å². The van der Waals surface area contributed by atoms with Crippen molar-refractivity contribution in [2.24, 2.45) is 0 Å². The molecule has 2 N–H and O–H groups in total. The predicted molar refractivity (Wildman–Crippen MR) is 95.6 cm³/mol. The van der Waals surface area contributed by atoms with Crippen LogP contribution >= 0.6 is 0 Å². The fourth-order valence-corrected chi connectivity index (χ4v) is 2.42. The number of carbonyl (C=O) groups is 1. The molecule has 0 bridgehead atoms. The number of nitrogens with zero attached hydrogens (tertiary/aromatic N) is 1. The van der Waals surface area contributed by atoms with Crippen molar-refractivity contribution in [2.75, 3.05) is 5.32 Å². The molecule has 0 atom stereocenters. The molecule has 1 heterocycles. The third-order valence-corrected chi connectivity index (χ3v) is 3.67. The van der Waals surface area contributed by atoms with Crippen molar-refractivity contribution in [3.8, 4) is 0 Å². The lowest BCUT2D eigenvalue weighted by molar-refractivity contribution is 0.102. The summed E-state index contributed by atoms with van der Waals surface area (Å²) < 4.78 is 12.9. The minimum absolute atomic E-state index is 0.263. The molecule has 3 rings (SSSR count). The van der Waals surface area contributed by atoms with Gasteiger partial charge in [0.15, 0.2) is 0 Å². The Morgan fingerprint density at radius 2 is 1.72 bits per heavy atom. The van der Waals surface area contributed by atoms with Crippen LogP contribution in [0.1, 0.15) is 21.5 Å². The second kappa shape index (κ2) is 8.17. The predicted octanol–water partition coefficient (Wildman–Crippen LogP) is 3.76. The molecule has 0 saturated heterocycles. The van der Waals surface area contributed by atoms with Crippen molar-refractivity contribution in [2.45, 2.75) is 13.1 Å². The van der Waals surface area contributed by atoms with Crippen LogP contribution in [0.2, 0.25) is 0 Å². The molecule has 4 nitrogen and oxygen atoms in total. The normalized spacial score (nSPS) is 10.4. The third-order valence-electron chi connectivity index (χ3n) is 3.67. The fourth-order valence-electron chi connectivity index (χ4n) is 2.42. The van der Waals surface area contributed by atoms with E-state index in [0.29, 0.717) is 17.8 Å². The number of benzene rings is 2. The van der Waals surface area contributed by atoms with Crippen LogP contribution < -0.4 is 10.6 Å². The number of nitrogens with one attached hydrogen (secondary N) is 2. The standard InChI is InChI=1S/C20H18FN3O/c21-18-8-6-17(7-9-18)20(25)24-19-5-1-3-15(11-19)12-23-14-16-4-2-10-22-13-16/h1-11,13,23H,12,14H2,(H,24,25). The monoisotopic (exact) mass is 335 g/mol. The summed E-state index contributed by atoms with van der Waals surface area (Å²) in [6.45, 7) is 1.40. The molecule has 0 saturated carbocycles. The van der Waals surface area contributed by atoms with Crippen molar-refractivity contribution >= 4 is 11.6 Å². The zero-order chi connectivity index (χ0) is 17.5. The molecule has 3 aromatic rings. The van der Waals surface area contributed by atoms with Crippen LogP contribution in [0.3, 0.4) is 0 Å². The average molecular weight is 335 g/mol. The summed E-state index contributed by atoms with van der Waals surface area (Å²) in [6.07, 6.45) is 3.57. The van der Waals surface area contributed by atoms with Gasteiger partial charge in [-0.3, -0.25) is 9.78 Å². The van der Waals surface area contributed by atoms with Gasteiger partial charge in [0.1, 0.15) is 5.82 Å². The summed E-state index contributed by atoms with van der Waals surface area (Å²) in [5.74, 6) is -0.626. The molecule has 5 heteroatoms. The Labute approximate surface area is 145 Å². The van der Waals surface area contributed by atoms with Crippen LogP contribution in [0, 0.1) is 5.82 Å². The first-order valence-electron chi connectivity index (χ1n) is 7.96. The Morgan fingerprint density at radius 3 is 2.48 bits per heavy atom. The summed E-state index contributed by atoms with van der Waals surface area (Å²) in [5.41, 5.74) is 3.29. The molecule has 0 radical (unpaired) electrons. The lowest BCUT2D eigenvalue weighted by atomic mass is 10.1. The van der Waals surface area contributed by atoms with Crippen molar-refractivity contribution < 1.29 is 9.18 Å². The molecule has 0 aliphatic carbocycles. The number of halogens is 1. The highest BCUT2D eigenvalue weighted by Crippen LogP contribution is 2.13. The molecule has 0 aliphatic heterocycles. The fraction of sp³-hybridized carbons (Fsp3) is 0.100. The maximum Gasteiger partial charge on any atom is 0.255 e. The van der Waals surface area contributed by atoms with E-state index in [1.807, 2.05) is 42.6 Å². The van der Waals surface area contributed by atoms with Gasteiger partial charge < -0.3 is 10.6 Å². The van der Waals surface area contributed by atoms with E-state index >= 15 is 0 Å². The van der Waals surface area contributed by atoms with Crippen molar-refractivity contribution in [1.82, 2.24) is 10.3 Å². The largest absolute Gasteiger partial charge is 0.322 e. The number of amides is 1. The number of hydrogen-bond acceptors (Lipinski definition) is 3. The minimum Gasteiger partial charge on any atom is -0.322 e. The van der Waals surface area contributed by atoms with Gasteiger partial charge in [-0.2, -0.15) is 0 Å². The van der Waals surface area contributed by atoms with Crippen molar-refractivity contribution in [3.05, 3.63) is 95.6 Å². The number of carbonyl (C=O) groups excluding carboxylic acids is 1. The Morgan fingerprint density at radius 1 is 0.960 bits per heavy atom. The molecule has 25 heavy (non-hydrogen) atoms. The highest BCUT2D eigenvalue weighted by molar-refractivity contribution is 6.04. The second-order valence-electron chi connectivity index (χ2n) is 5.63. The van der Waals surface area contributed by atoms with Crippen LogP contribution in [0.25, 0.3) is 0 Å². The molecule has 0 fully saturated rings. The Kier molecular flexibility index (Phi) is 5.49. The summed E-state index contributed by atoms with van der Waals surface area (Å²) in [4.78, 5) is 16.3. The first kappa shape index (κ1) is 16.8. The van der Waals surface area contributed by atoms with Crippen LogP contribution in [-0.2, 0) is 13.1 Å². The van der Waals surface area contributed by atoms with Crippen LogP contribution in [-0.4, -0.2) is 10.9 Å². The van der Waals surface area contributed by atoms with E-state index in [2.05, 4.69) is 15.6 Å². The van der Waals surface area contributed by atoms with E-state index in [0.717, 1.165) is 17.7 Å². The van der Waals surface area contributed by atoms with E-state index < -0.39 is 0 Å². The second-order valence-corrected chi connectivity index (χ2v) is 5.63. The molecule has 1 amide bonds. The third kappa shape index (κ3) is 4.96. The Balaban J connectivity index is 1.57. The van der Waals surface area contributed by atoms with Crippen LogP contribution in [0.15, 0.2) is 73.1 Å². The molecular formula is C20H18FN3O.